The first-order chi connectivity index (χ1) is 9.69. The average molecular weight is 272 g/mol. The van der Waals surface area contributed by atoms with Crippen LogP contribution >= 0.6 is 0 Å². The van der Waals surface area contributed by atoms with Gasteiger partial charge in [-0.3, -0.25) is 4.79 Å². The van der Waals surface area contributed by atoms with Gasteiger partial charge in [-0.2, -0.15) is 0 Å². The van der Waals surface area contributed by atoms with Crippen LogP contribution in [0.2, 0.25) is 0 Å². The highest BCUT2D eigenvalue weighted by Gasteiger charge is 2.24. The van der Waals surface area contributed by atoms with Crippen molar-refractivity contribution in [2.24, 2.45) is 0 Å². The number of hydrogen-bond acceptors (Lipinski definition) is 4. The van der Waals surface area contributed by atoms with Crippen molar-refractivity contribution < 1.29 is 19.4 Å². The third-order valence-electron chi connectivity index (χ3n) is 3.03. The van der Waals surface area contributed by atoms with Gasteiger partial charge in [-0.05, 0) is 6.07 Å². The molecule has 0 radical (unpaired) electrons. The normalized spacial score (nSPS) is 11.8. The lowest BCUT2D eigenvalue weighted by atomic mass is 9.99. The van der Waals surface area contributed by atoms with E-state index in [1.54, 1.807) is 42.5 Å². The average Bonchev–Trinajstić information content (AvgIpc) is 2.53. The van der Waals surface area contributed by atoms with Gasteiger partial charge in [0.25, 0.3) is 0 Å². The van der Waals surface area contributed by atoms with E-state index < -0.39 is 6.10 Å². The summed E-state index contributed by atoms with van der Waals surface area (Å²) in [5.74, 6) is 0.467. The fraction of sp³-hybridized carbons (Fsp3) is 0.188. The van der Waals surface area contributed by atoms with Crippen LogP contribution < -0.4 is 9.47 Å². The Morgan fingerprint density at radius 1 is 1.00 bits per heavy atom. The number of benzene rings is 2. The molecule has 104 valence electrons. The summed E-state index contributed by atoms with van der Waals surface area (Å²) in [7, 11) is 2.98. The molecule has 0 fully saturated rings. The molecule has 4 nitrogen and oxygen atoms in total. The maximum atomic E-state index is 12.3. The number of aliphatic hydroxyl groups excluding tert-OH is 1. The number of rotatable bonds is 5. The maximum Gasteiger partial charge on any atom is 0.195 e. The standard InChI is InChI=1S/C16H16O4/c1-19-13-10-6-9-12(16(13)20-2)15(18)14(17)11-7-4-3-5-8-11/h3-10,15,18H,1-2H3. The quantitative estimate of drug-likeness (QED) is 0.850. The van der Waals surface area contributed by atoms with Gasteiger partial charge in [0.1, 0.15) is 6.10 Å². The minimum atomic E-state index is -1.29. The Morgan fingerprint density at radius 3 is 2.30 bits per heavy atom. The summed E-state index contributed by atoms with van der Waals surface area (Å²) in [5, 5.41) is 10.3. The number of Topliss-reactive ketones (excluding diaryl/α,β-unsaturated/α-hetero) is 1. The van der Waals surface area contributed by atoms with E-state index in [4.69, 9.17) is 9.47 Å². The highest BCUT2D eigenvalue weighted by atomic mass is 16.5. The van der Waals surface area contributed by atoms with Gasteiger partial charge in [0.15, 0.2) is 17.3 Å². The molecular formula is C16H16O4. The molecule has 2 rings (SSSR count). The summed E-state index contributed by atoms with van der Waals surface area (Å²) in [6, 6.07) is 13.7. The van der Waals surface area contributed by atoms with Crippen LogP contribution in [0.1, 0.15) is 22.0 Å². The Kier molecular flexibility index (Phi) is 4.38. The zero-order valence-electron chi connectivity index (χ0n) is 11.4. The van der Waals surface area contributed by atoms with E-state index in [1.165, 1.54) is 14.2 Å². The van der Waals surface area contributed by atoms with Gasteiger partial charge in [-0.25, -0.2) is 0 Å². The molecule has 4 heteroatoms. The van der Waals surface area contributed by atoms with Crippen LogP contribution in [0.15, 0.2) is 48.5 Å². The van der Waals surface area contributed by atoms with Crippen molar-refractivity contribution >= 4 is 5.78 Å². The number of ketones is 1. The second-order valence-corrected chi connectivity index (χ2v) is 4.22. The molecule has 1 N–H and O–H groups in total. The van der Waals surface area contributed by atoms with Crippen molar-refractivity contribution in [3.8, 4) is 11.5 Å². The van der Waals surface area contributed by atoms with Crippen molar-refractivity contribution in [2.45, 2.75) is 6.10 Å². The van der Waals surface area contributed by atoms with Crippen molar-refractivity contribution in [1.82, 2.24) is 0 Å². The van der Waals surface area contributed by atoms with E-state index in [-0.39, 0.29) is 5.78 Å². The molecule has 20 heavy (non-hydrogen) atoms. The number of aliphatic hydroxyl groups is 1. The first-order valence-corrected chi connectivity index (χ1v) is 6.17. The Labute approximate surface area is 117 Å². The van der Waals surface area contributed by atoms with Crippen LogP contribution in [0.25, 0.3) is 0 Å². The Morgan fingerprint density at radius 2 is 1.70 bits per heavy atom. The Bertz CT molecular complexity index is 593. The lowest BCUT2D eigenvalue weighted by Crippen LogP contribution is -2.13. The monoisotopic (exact) mass is 272 g/mol. The number of para-hydroxylation sites is 1. The van der Waals surface area contributed by atoms with Gasteiger partial charge < -0.3 is 14.6 Å². The van der Waals surface area contributed by atoms with Crippen molar-refractivity contribution in [3.05, 3.63) is 59.7 Å². The summed E-state index contributed by atoms with van der Waals surface area (Å²) < 4.78 is 10.4. The predicted octanol–water partition coefficient (Wildman–Crippen LogP) is 2.62. The lowest BCUT2D eigenvalue weighted by Gasteiger charge is -2.16. The molecule has 2 aromatic carbocycles. The van der Waals surface area contributed by atoms with E-state index in [0.717, 1.165) is 0 Å². The number of ether oxygens (including phenoxy) is 2. The molecule has 0 aliphatic rings. The van der Waals surface area contributed by atoms with Gasteiger partial charge in [-0.1, -0.05) is 42.5 Å². The van der Waals surface area contributed by atoms with E-state index in [2.05, 4.69) is 0 Å². The second kappa shape index (κ2) is 6.21. The van der Waals surface area contributed by atoms with Gasteiger partial charge in [0.05, 0.1) is 14.2 Å². The minimum absolute atomic E-state index is 0.367. The van der Waals surface area contributed by atoms with Crippen molar-refractivity contribution in [1.29, 1.82) is 0 Å². The van der Waals surface area contributed by atoms with Crippen LogP contribution in [0, 0.1) is 0 Å². The van der Waals surface area contributed by atoms with E-state index >= 15 is 0 Å². The zero-order chi connectivity index (χ0) is 14.5. The largest absolute Gasteiger partial charge is 0.493 e. The van der Waals surface area contributed by atoms with E-state index in [1.807, 2.05) is 6.07 Å². The van der Waals surface area contributed by atoms with E-state index in [9.17, 15) is 9.90 Å². The number of methoxy groups -OCH3 is 2. The molecule has 0 saturated heterocycles. The molecule has 0 bridgehead atoms. The van der Waals surface area contributed by atoms with Gasteiger partial charge in [-0.15, -0.1) is 0 Å². The lowest BCUT2D eigenvalue weighted by molar-refractivity contribution is 0.0741. The highest BCUT2D eigenvalue weighted by Crippen LogP contribution is 2.35. The molecule has 0 heterocycles. The molecule has 0 aliphatic heterocycles. The van der Waals surface area contributed by atoms with Crippen LogP contribution in [0.3, 0.4) is 0 Å². The molecule has 0 amide bonds. The van der Waals surface area contributed by atoms with Crippen LogP contribution in [0.4, 0.5) is 0 Å². The minimum Gasteiger partial charge on any atom is -0.493 e. The fourth-order valence-corrected chi connectivity index (χ4v) is 2.03. The van der Waals surface area contributed by atoms with Crippen LogP contribution in [0.5, 0.6) is 11.5 Å². The number of carbonyl (C=O) groups is 1. The molecular weight excluding hydrogens is 256 g/mol. The fourth-order valence-electron chi connectivity index (χ4n) is 2.03. The molecule has 2 aromatic rings. The summed E-state index contributed by atoms with van der Waals surface area (Å²) in [6.45, 7) is 0. The third kappa shape index (κ3) is 2.65. The topological polar surface area (TPSA) is 55.8 Å². The third-order valence-corrected chi connectivity index (χ3v) is 3.03. The van der Waals surface area contributed by atoms with Gasteiger partial charge in [0, 0.05) is 11.1 Å². The first-order valence-electron chi connectivity index (χ1n) is 6.17. The summed E-state index contributed by atoms with van der Waals surface area (Å²) in [5.41, 5.74) is 0.838. The van der Waals surface area contributed by atoms with Crippen LogP contribution in [-0.2, 0) is 0 Å². The molecule has 0 saturated carbocycles. The molecule has 1 unspecified atom stereocenters. The number of hydrogen-bond donors (Lipinski definition) is 1. The van der Waals surface area contributed by atoms with E-state index in [0.29, 0.717) is 22.6 Å². The second-order valence-electron chi connectivity index (χ2n) is 4.22. The van der Waals surface area contributed by atoms with Crippen molar-refractivity contribution in [2.75, 3.05) is 14.2 Å². The summed E-state index contributed by atoms with van der Waals surface area (Å²) in [4.78, 5) is 12.3. The summed E-state index contributed by atoms with van der Waals surface area (Å²) >= 11 is 0. The highest BCUT2D eigenvalue weighted by molar-refractivity contribution is 6.00. The van der Waals surface area contributed by atoms with Crippen molar-refractivity contribution in [3.63, 3.8) is 0 Å². The SMILES string of the molecule is COc1cccc(C(O)C(=O)c2ccccc2)c1OC. The van der Waals surface area contributed by atoms with Gasteiger partial charge >= 0.3 is 0 Å². The molecule has 0 aromatic heterocycles. The molecule has 1 atom stereocenters. The first kappa shape index (κ1) is 14.1. The number of carbonyl (C=O) groups excluding carboxylic acids is 1. The predicted molar refractivity (Wildman–Crippen MR) is 75.3 cm³/mol. The molecule has 0 aliphatic carbocycles. The zero-order valence-corrected chi connectivity index (χ0v) is 11.4. The van der Waals surface area contributed by atoms with Gasteiger partial charge in [0.2, 0.25) is 0 Å². The molecule has 0 spiro atoms. The Hall–Kier alpha value is -2.33. The summed E-state index contributed by atoms with van der Waals surface area (Å²) in [6.07, 6.45) is -1.29. The smallest absolute Gasteiger partial charge is 0.195 e. The Balaban J connectivity index is 2.39. The van der Waals surface area contributed by atoms with Crippen LogP contribution in [-0.4, -0.2) is 25.1 Å². The maximum absolute atomic E-state index is 12.3.